The van der Waals surface area contributed by atoms with Gasteiger partial charge in [-0.1, -0.05) is 44.2 Å². The zero-order chi connectivity index (χ0) is 11.6. The first kappa shape index (κ1) is 11.6. The molecular formula is C14H22N2. The minimum absolute atomic E-state index is 0.442. The van der Waals surface area contributed by atoms with Crippen molar-refractivity contribution in [1.29, 1.82) is 0 Å². The van der Waals surface area contributed by atoms with Crippen molar-refractivity contribution in [3.63, 3.8) is 0 Å². The highest BCUT2D eigenvalue weighted by molar-refractivity contribution is 5.20. The lowest BCUT2D eigenvalue weighted by Crippen LogP contribution is -2.29. The molecule has 1 aromatic carbocycles. The molecule has 0 amide bonds. The molecule has 0 saturated heterocycles. The van der Waals surface area contributed by atoms with Crippen LogP contribution in [0.25, 0.3) is 0 Å². The fraction of sp³-hybridized carbons (Fsp3) is 0.571. The average Bonchev–Trinajstić information content (AvgIpc) is 2.89. The molecule has 0 spiro atoms. The van der Waals surface area contributed by atoms with Gasteiger partial charge in [-0.2, -0.15) is 0 Å². The Morgan fingerprint density at radius 3 is 2.50 bits per heavy atom. The predicted molar refractivity (Wildman–Crippen MR) is 68.4 cm³/mol. The highest BCUT2D eigenvalue weighted by Crippen LogP contribution is 2.44. The van der Waals surface area contributed by atoms with Gasteiger partial charge in [0.2, 0.25) is 0 Å². The van der Waals surface area contributed by atoms with Crippen LogP contribution in [-0.2, 0) is 0 Å². The van der Waals surface area contributed by atoms with Crippen molar-refractivity contribution in [3.05, 3.63) is 35.9 Å². The maximum absolute atomic E-state index is 5.84. The lowest BCUT2D eigenvalue weighted by molar-refractivity contribution is 0.513. The highest BCUT2D eigenvalue weighted by Gasteiger charge is 2.45. The van der Waals surface area contributed by atoms with E-state index in [1.807, 2.05) is 0 Å². The number of nitrogens with one attached hydrogen (secondary N) is 1. The lowest BCUT2D eigenvalue weighted by Gasteiger charge is -2.16. The maximum atomic E-state index is 5.84. The number of nitrogens with two attached hydrogens (primary N) is 1. The Balaban J connectivity index is 1.87. The standard InChI is InChI=1S/C14H22N2/c1-14(2)8-13(14)16-10-12(9-15)11-6-4-3-5-7-11/h3-7,12-13,16H,8-10,15H2,1-2H3. The number of hydrogen-bond acceptors (Lipinski definition) is 2. The van der Waals surface area contributed by atoms with Gasteiger partial charge in [0, 0.05) is 25.0 Å². The van der Waals surface area contributed by atoms with Crippen molar-refractivity contribution in [2.24, 2.45) is 11.1 Å². The molecule has 1 aliphatic rings. The molecule has 2 atom stereocenters. The Morgan fingerprint density at radius 2 is 2.00 bits per heavy atom. The second-order valence-electron chi connectivity index (χ2n) is 5.50. The van der Waals surface area contributed by atoms with Gasteiger partial charge in [-0.3, -0.25) is 0 Å². The summed E-state index contributed by atoms with van der Waals surface area (Å²) in [4.78, 5) is 0. The third-order valence-corrected chi connectivity index (χ3v) is 3.68. The fourth-order valence-corrected chi connectivity index (χ4v) is 2.16. The molecule has 2 heteroatoms. The Hall–Kier alpha value is -0.860. The van der Waals surface area contributed by atoms with E-state index in [-0.39, 0.29) is 0 Å². The van der Waals surface area contributed by atoms with E-state index in [0.717, 1.165) is 6.54 Å². The van der Waals surface area contributed by atoms with Crippen molar-refractivity contribution in [2.45, 2.75) is 32.2 Å². The van der Waals surface area contributed by atoms with E-state index in [1.54, 1.807) is 0 Å². The summed E-state index contributed by atoms with van der Waals surface area (Å²) in [5, 5.41) is 3.62. The third kappa shape index (κ3) is 2.63. The maximum Gasteiger partial charge on any atom is 0.0125 e. The van der Waals surface area contributed by atoms with Crippen molar-refractivity contribution in [1.82, 2.24) is 5.32 Å². The molecule has 1 fully saturated rings. The van der Waals surface area contributed by atoms with Crippen LogP contribution >= 0.6 is 0 Å². The molecule has 2 unspecified atom stereocenters. The van der Waals surface area contributed by atoms with Gasteiger partial charge in [0.15, 0.2) is 0 Å². The first-order chi connectivity index (χ1) is 7.63. The summed E-state index contributed by atoms with van der Waals surface area (Å²) >= 11 is 0. The van der Waals surface area contributed by atoms with Crippen LogP contribution in [0.3, 0.4) is 0 Å². The molecule has 0 heterocycles. The average molecular weight is 218 g/mol. The zero-order valence-corrected chi connectivity index (χ0v) is 10.2. The van der Waals surface area contributed by atoms with E-state index in [4.69, 9.17) is 5.73 Å². The first-order valence-electron chi connectivity index (χ1n) is 6.12. The molecule has 0 aromatic heterocycles. The van der Waals surface area contributed by atoms with Gasteiger partial charge in [0.1, 0.15) is 0 Å². The smallest absolute Gasteiger partial charge is 0.0125 e. The van der Waals surface area contributed by atoms with Gasteiger partial charge in [-0.15, -0.1) is 0 Å². The molecule has 88 valence electrons. The third-order valence-electron chi connectivity index (χ3n) is 3.68. The predicted octanol–water partition coefficient (Wildman–Crippen LogP) is 2.12. The topological polar surface area (TPSA) is 38.0 Å². The summed E-state index contributed by atoms with van der Waals surface area (Å²) in [6.07, 6.45) is 1.29. The summed E-state index contributed by atoms with van der Waals surface area (Å²) in [6.45, 7) is 6.33. The quantitative estimate of drug-likeness (QED) is 0.794. The fourth-order valence-electron chi connectivity index (χ4n) is 2.16. The van der Waals surface area contributed by atoms with Crippen molar-refractivity contribution < 1.29 is 0 Å². The first-order valence-corrected chi connectivity index (χ1v) is 6.12. The van der Waals surface area contributed by atoms with Crippen LogP contribution in [0.2, 0.25) is 0 Å². The van der Waals surface area contributed by atoms with Crippen LogP contribution in [0.15, 0.2) is 30.3 Å². The van der Waals surface area contributed by atoms with Crippen LogP contribution in [0, 0.1) is 5.41 Å². The Morgan fingerprint density at radius 1 is 1.38 bits per heavy atom. The molecule has 0 radical (unpaired) electrons. The molecule has 0 aliphatic heterocycles. The minimum Gasteiger partial charge on any atom is -0.330 e. The summed E-state index contributed by atoms with van der Waals surface area (Å²) in [5.74, 6) is 0.442. The van der Waals surface area contributed by atoms with Gasteiger partial charge in [-0.25, -0.2) is 0 Å². The Kier molecular flexibility index (Phi) is 3.31. The van der Waals surface area contributed by atoms with Crippen molar-refractivity contribution in [3.8, 4) is 0 Å². The van der Waals surface area contributed by atoms with E-state index >= 15 is 0 Å². The van der Waals surface area contributed by atoms with Gasteiger partial charge in [0.05, 0.1) is 0 Å². The summed E-state index contributed by atoms with van der Waals surface area (Å²) in [6, 6.07) is 11.2. The molecule has 1 aromatic rings. The Labute approximate surface area is 98.2 Å². The van der Waals surface area contributed by atoms with Gasteiger partial charge >= 0.3 is 0 Å². The number of hydrogen-bond donors (Lipinski definition) is 2. The largest absolute Gasteiger partial charge is 0.330 e. The molecule has 1 saturated carbocycles. The molecule has 2 nitrogen and oxygen atoms in total. The highest BCUT2D eigenvalue weighted by atomic mass is 15.0. The van der Waals surface area contributed by atoms with E-state index < -0.39 is 0 Å². The van der Waals surface area contributed by atoms with Crippen molar-refractivity contribution >= 4 is 0 Å². The van der Waals surface area contributed by atoms with E-state index in [9.17, 15) is 0 Å². The molecule has 16 heavy (non-hydrogen) atoms. The molecular weight excluding hydrogens is 196 g/mol. The molecule has 2 rings (SSSR count). The Bertz CT molecular complexity index is 332. The van der Waals surface area contributed by atoms with Crippen LogP contribution in [-0.4, -0.2) is 19.1 Å². The second-order valence-corrected chi connectivity index (χ2v) is 5.50. The van der Waals surface area contributed by atoms with Crippen LogP contribution in [0.1, 0.15) is 31.7 Å². The summed E-state index contributed by atoms with van der Waals surface area (Å²) in [7, 11) is 0. The van der Waals surface area contributed by atoms with Gasteiger partial charge in [0.25, 0.3) is 0 Å². The second kappa shape index (κ2) is 4.56. The van der Waals surface area contributed by atoms with E-state index in [2.05, 4.69) is 49.5 Å². The molecule has 0 bridgehead atoms. The van der Waals surface area contributed by atoms with E-state index in [1.165, 1.54) is 12.0 Å². The van der Waals surface area contributed by atoms with Crippen LogP contribution in [0.4, 0.5) is 0 Å². The number of benzene rings is 1. The SMILES string of the molecule is CC1(C)CC1NCC(CN)c1ccccc1. The molecule has 1 aliphatic carbocycles. The molecule has 3 N–H and O–H groups in total. The summed E-state index contributed by atoms with van der Waals surface area (Å²) in [5.41, 5.74) is 7.68. The van der Waals surface area contributed by atoms with Crippen LogP contribution < -0.4 is 11.1 Å². The zero-order valence-electron chi connectivity index (χ0n) is 10.2. The lowest BCUT2D eigenvalue weighted by atomic mass is 9.99. The number of rotatable bonds is 5. The normalized spacial score (nSPS) is 24.1. The van der Waals surface area contributed by atoms with Crippen molar-refractivity contribution in [2.75, 3.05) is 13.1 Å². The summed E-state index contributed by atoms with van der Waals surface area (Å²) < 4.78 is 0. The minimum atomic E-state index is 0.442. The van der Waals surface area contributed by atoms with Gasteiger partial charge < -0.3 is 11.1 Å². The van der Waals surface area contributed by atoms with Gasteiger partial charge in [-0.05, 0) is 17.4 Å². The van der Waals surface area contributed by atoms with Crippen LogP contribution in [0.5, 0.6) is 0 Å². The van der Waals surface area contributed by atoms with E-state index in [0.29, 0.717) is 23.9 Å². The monoisotopic (exact) mass is 218 g/mol.